The van der Waals surface area contributed by atoms with Crippen LogP contribution in [0.15, 0.2) is 80.8 Å². The topological polar surface area (TPSA) is 86.2 Å². The average molecular weight is 576 g/mol. The molecule has 3 aromatic rings. The van der Waals surface area contributed by atoms with E-state index in [1.54, 1.807) is 68.6 Å². The molecule has 3 rings (SSSR count). The maximum absolute atomic E-state index is 12.5. The Bertz CT molecular complexity index is 1150. The van der Waals surface area contributed by atoms with Crippen molar-refractivity contribution < 1.29 is 23.8 Å². The highest BCUT2D eigenvalue weighted by Gasteiger charge is 2.15. The Labute approximate surface area is 208 Å². The van der Waals surface area contributed by atoms with Crippen LogP contribution in [0, 0.1) is 0 Å². The minimum Gasteiger partial charge on any atom is -0.497 e. The lowest BCUT2D eigenvalue weighted by atomic mass is 10.2. The average Bonchev–Trinajstić information content (AvgIpc) is 2.82. The van der Waals surface area contributed by atoms with Crippen molar-refractivity contribution in [2.45, 2.75) is 13.0 Å². The first-order chi connectivity index (χ1) is 15.9. The lowest BCUT2D eigenvalue weighted by molar-refractivity contribution is -0.127. The van der Waals surface area contributed by atoms with E-state index in [0.29, 0.717) is 22.6 Å². The van der Waals surface area contributed by atoms with Crippen LogP contribution >= 0.6 is 31.9 Å². The monoisotopic (exact) mass is 574 g/mol. The third-order valence-corrected chi connectivity index (χ3v) is 5.40. The zero-order chi connectivity index (χ0) is 23.8. The minimum atomic E-state index is -0.766. The predicted molar refractivity (Wildman–Crippen MR) is 132 cm³/mol. The van der Waals surface area contributed by atoms with E-state index in [4.69, 9.17) is 14.2 Å². The number of carbonyl (C=O) groups excluding carboxylic acids is 2. The lowest BCUT2D eigenvalue weighted by Crippen LogP contribution is -2.33. The zero-order valence-corrected chi connectivity index (χ0v) is 20.9. The largest absolute Gasteiger partial charge is 0.497 e. The second-order valence-electron chi connectivity index (χ2n) is 6.75. The smallest absolute Gasteiger partial charge is 0.343 e. The van der Waals surface area contributed by atoms with Gasteiger partial charge in [-0.05, 0) is 73.7 Å². The molecule has 1 amide bonds. The molecule has 3 aromatic carbocycles. The maximum atomic E-state index is 12.5. The second-order valence-corrected chi connectivity index (χ2v) is 8.58. The molecule has 1 N–H and O–H groups in total. The SMILES string of the molecule is COc1ccc(C(=O)Oc2ccc(Br)cc2/C=N\NC(=O)[C@H](C)Oc2ccc(Br)cc2)cc1. The van der Waals surface area contributed by atoms with Crippen LogP contribution in [0.5, 0.6) is 17.2 Å². The Kier molecular flexibility index (Phi) is 8.62. The van der Waals surface area contributed by atoms with Crippen LogP contribution in [0.2, 0.25) is 0 Å². The maximum Gasteiger partial charge on any atom is 0.343 e. The van der Waals surface area contributed by atoms with Gasteiger partial charge in [-0.15, -0.1) is 0 Å². The van der Waals surface area contributed by atoms with Crippen LogP contribution < -0.4 is 19.6 Å². The first-order valence-electron chi connectivity index (χ1n) is 9.76. The third kappa shape index (κ3) is 7.16. The Morgan fingerprint density at radius 1 is 0.939 bits per heavy atom. The summed E-state index contributed by atoms with van der Waals surface area (Å²) in [5.41, 5.74) is 3.30. The first kappa shape index (κ1) is 24.5. The summed E-state index contributed by atoms with van der Waals surface area (Å²) in [4.78, 5) is 24.8. The summed E-state index contributed by atoms with van der Waals surface area (Å²) in [6.07, 6.45) is 0.629. The molecule has 0 bridgehead atoms. The summed E-state index contributed by atoms with van der Waals surface area (Å²) >= 11 is 6.73. The van der Waals surface area contributed by atoms with E-state index in [0.717, 1.165) is 8.95 Å². The summed E-state index contributed by atoms with van der Waals surface area (Å²) in [6.45, 7) is 1.62. The van der Waals surface area contributed by atoms with Crippen LogP contribution in [-0.2, 0) is 4.79 Å². The van der Waals surface area contributed by atoms with Gasteiger partial charge >= 0.3 is 5.97 Å². The predicted octanol–water partition coefficient (Wildman–Crippen LogP) is 5.36. The van der Waals surface area contributed by atoms with Crippen molar-refractivity contribution in [3.05, 3.63) is 86.8 Å². The Morgan fingerprint density at radius 3 is 2.24 bits per heavy atom. The number of nitrogens with one attached hydrogen (secondary N) is 1. The van der Waals surface area contributed by atoms with Crippen molar-refractivity contribution in [2.75, 3.05) is 7.11 Å². The van der Waals surface area contributed by atoms with Crippen molar-refractivity contribution in [3.8, 4) is 17.2 Å². The van der Waals surface area contributed by atoms with Gasteiger partial charge in [0, 0.05) is 14.5 Å². The number of amides is 1. The van der Waals surface area contributed by atoms with Crippen molar-refractivity contribution in [2.24, 2.45) is 5.10 Å². The lowest BCUT2D eigenvalue weighted by Gasteiger charge is -2.13. The first-order valence-corrected chi connectivity index (χ1v) is 11.3. The van der Waals surface area contributed by atoms with Gasteiger partial charge in [0.1, 0.15) is 17.2 Å². The summed E-state index contributed by atoms with van der Waals surface area (Å²) in [5, 5.41) is 3.98. The summed E-state index contributed by atoms with van der Waals surface area (Å²) in [6, 6.07) is 18.8. The summed E-state index contributed by atoms with van der Waals surface area (Å²) in [5.74, 6) is 0.522. The second kappa shape index (κ2) is 11.6. The molecule has 0 aliphatic rings. The number of rotatable bonds is 8. The highest BCUT2D eigenvalue weighted by atomic mass is 79.9. The molecule has 0 fully saturated rings. The van der Waals surface area contributed by atoms with E-state index in [1.165, 1.54) is 6.21 Å². The number of halogens is 2. The molecular formula is C24H20Br2N2O5. The number of esters is 1. The normalized spacial score (nSPS) is 11.6. The van der Waals surface area contributed by atoms with Crippen LogP contribution in [0.3, 0.4) is 0 Å². The van der Waals surface area contributed by atoms with Crippen molar-refractivity contribution in [1.29, 1.82) is 0 Å². The van der Waals surface area contributed by atoms with Crippen molar-refractivity contribution >= 4 is 50.0 Å². The van der Waals surface area contributed by atoms with Gasteiger partial charge in [-0.25, -0.2) is 10.2 Å². The van der Waals surface area contributed by atoms with E-state index in [9.17, 15) is 9.59 Å². The molecule has 170 valence electrons. The van der Waals surface area contributed by atoms with Gasteiger partial charge in [-0.2, -0.15) is 5.10 Å². The molecule has 0 aliphatic heterocycles. The van der Waals surface area contributed by atoms with E-state index >= 15 is 0 Å². The molecule has 0 aliphatic carbocycles. The molecule has 7 nitrogen and oxygen atoms in total. The van der Waals surface area contributed by atoms with E-state index in [2.05, 4.69) is 42.4 Å². The van der Waals surface area contributed by atoms with Gasteiger partial charge < -0.3 is 14.2 Å². The molecule has 0 radical (unpaired) electrons. The molecule has 0 unspecified atom stereocenters. The Balaban J connectivity index is 1.64. The van der Waals surface area contributed by atoms with Crippen LogP contribution in [0.25, 0.3) is 0 Å². The molecule has 1 atom stereocenters. The van der Waals surface area contributed by atoms with Crippen LogP contribution in [0.4, 0.5) is 0 Å². The highest BCUT2D eigenvalue weighted by Crippen LogP contribution is 2.23. The minimum absolute atomic E-state index is 0.288. The molecule has 9 heteroatoms. The zero-order valence-electron chi connectivity index (χ0n) is 17.7. The quantitative estimate of drug-likeness (QED) is 0.169. The number of carbonyl (C=O) groups is 2. The summed E-state index contributed by atoms with van der Waals surface area (Å²) in [7, 11) is 1.55. The third-order valence-electron chi connectivity index (χ3n) is 4.37. The molecule has 0 spiro atoms. The van der Waals surface area contributed by atoms with Crippen molar-refractivity contribution in [1.82, 2.24) is 5.43 Å². The molecule has 33 heavy (non-hydrogen) atoms. The van der Waals surface area contributed by atoms with Gasteiger partial charge in [0.05, 0.1) is 18.9 Å². The Morgan fingerprint density at radius 2 is 1.58 bits per heavy atom. The molecular weight excluding hydrogens is 556 g/mol. The molecule has 0 saturated carbocycles. The molecule has 0 aromatic heterocycles. The van der Waals surface area contributed by atoms with E-state index < -0.39 is 18.0 Å². The van der Waals surface area contributed by atoms with Crippen LogP contribution in [-0.4, -0.2) is 31.3 Å². The molecule has 0 saturated heterocycles. The fraction of sp³-hybridized carbons (Fsp3) is 0.125. The van der Waals surface area contributed by atoms with Gasteiger partial charge in [0.2, 0.25) is 0 Å². The van der Waals surface area contributed by atoms with Gasteiger partial charge in [-0.1, -0.05) is 31.9 Å². The number of hydrazone groups is 1. The number of hydrogen-bond acceptors (Lipinski definition) is 6. The standard InChI is InChI=1S/C24H20Br2N2O5/c1-15(32-21-10-5-18(25)6-11-21)23(29)28-27-14-17-13-19(26)7-12-22(17)33-24(30)16-3-8-20(31-2)9-4-16/h3-15H,1-2H3,(H,28,29)/b27-14-/t15-/m0/s1. The number of methoxy groups -OCH3 is 1. The Hall–Kier alpha value is -3.17. The highest BCUT2D eigenvalue weighted by molar-refractivity contribution is 9.10. The number of nitrogens with zero attached hydrogens (tertiary/aromatic N) is 1. The van der Waals surface area contributed by atoms with Crippen LogP contribution in [0.1, 0.15) is 22.8 Å². The van der Waals surface area contributed by atoms with Gasteiger partial charge in [-0.3, -0.25) is 4.79 Å². The molecule has 0 heterocycles. The van der Waals surface area contributed by atoms with E-state index in [1.807, 2.05) is 12.1 Å². The van der Waals surface area contributed by atoms with E-state index in [-0.39, 0.29) is 5.75 Å². The number of ether oxygens (including phenoxy) is 3. The fourth-order valence-corrected chi connectivity index (χ4v) is 3.27. The van der Waals surface area contributed by atoms with Gasteiger partial charge in [0.25, 0.3) is 5.91 Å². The van der Waals surface area contributed by atoms with Gasteiger partial charge in [0.15, 0.2) is 6.10 Å². The number of hydrogen-bond donors (Lipinski definition) is 1. The summed E-state index contributed by atoms with van der Waals surface area (Å²) < 4.78 is 17.9. The fourth-order valence-electron chi connectivity index (χ4n) is 2.63. The van der Waals surface area contributed by atoms with Crippen molar-refractivity contribution in [3.63, 3.8) is 0 Å². The number of benzene rings is 3.